The van der Waals surface area contributed by atoms with Gasteiger partial charge in [-0.25, -0.2) is 0 Å². The fraction of sp³-hybridized carbons (Fsp3) is 0.727. The molecule has 2 saturated carbocycles. The van der Waals surface area contributed by atoms with E-state index in [0.717, 1.165) is 30.8 Å². The highest BCUT2D eigenvalue weighted by atomic mass is 16.5. The maximum atomic E-state index is 9.02. The topological polar surface area (TPSA) is 29.5 Å². The van der Waals surface area contributed by atoms with Crippen LogP contribution in [0.2, 0.25) is 0 Å². The van der Waals surface area contributed by atoms with Crippen molar-refractivity contribution in [1.29, 1.82) is 0 Å². The lowest BCUT2D eigenvalue weighted by Crippen LogP contribution is -2.44. The molecule has 4 rings (SSSR count). The van der Waals surface area contributed by atoms with Gasteiger partial charge in [0.15, 0.2) is 0 Å². The van der Waals surface area contributed by atoms with Gasteiger partial charge in [0.25, 0.3) is 0 Å². The zero-order valence-electron chi connectivity index (χ0n) is 15.3. The van der Waals surface area contributed by atoms with Gasteiger partial charge in [-0.3, -0.25) is 0 Å². The third-order valence-electron chi connectivity index (χ3n) is 7.42. The molecule has 0 spiro atoms. The van der Waals surface area contributed by atoms with Crippen LogP contribution in [0.4, 0.5) is 0 Å². The normalized spacial score (nSPS) is 37.6. The second kappa shape index (κ2) is 6.46. The van der Waals surface area contributed by atoms with Crippen molar-refractivity contribution in [2.45, 2.75) is 70.8 Å². The van der Waals surface area contributed by atoms with E-state index >= 15 is 0 Å². The zero-order valence-corrected chi connectivity index (χ0v) is 15.3. The van der Waals surface area contributed by atoms with Gasteiger partial charge in [-0.2, -0.15) is 0 Å². The van der Waals surface area contributed by atoms with Gasteiger partial charge in [0.05, 0.1) is 6.10 Å². The quantitative estimate of drug-likeness (QED) is 0.817. The monoisotopic (exact) mass is 328 g/mol. The molecular weight excluding hydrogens is 296 g/mol. The van der Waals surface area contributed by atoms with Gasteiger partial charge in [0, 0.05) is 13.2 Å². The van der Waals surface area contributed by atoms with Crippen molar-refractivity contribution in [3.8, 4) is 0 Å². The molecule has 0 bridgehead atoms. The third kappa shape index (κ3) is 2.63. The SMILES string of the molecule is Cc1ccc2c(c1)CC[C@@H]1[C@@H]2CC[C@]2(C)[C@@H](OCCCO)CC[C@@H]12. The summed E-state index contributed by atoms with van der Waals surface area (Å²) < 4.78 is 6.22. The summed E-state index contributed by atoms with van der Waals surface area (Å²) in [6.45, 7) is 5.68. The number of aryl methyl sites for hydroxylation is 2. The van der Waals surface area contributed by atoms with Gasteiger partial charge in [-0.15, -0.1) is 0 Å². The van der Waals surface area contributed by atoms with Crippen LogP contribution in [0.3, 0.4) is 0 Å². The Bertz CT molecular complexity index is 596. The fourth-order valence-electron chi connectivity index (χ4n) is 6.23. The smallest absolute Gasteiger partial charge is 0.0631 e. The van der Waals surface area contributed by atoms with Crippen molar-refractivity contribution in [2.24, 2.45) is 17.3 Å². The van der Waals surface area contributed by atoms with E-state index in [2.05, 4.69) is 32.0 Å². The molecule has 1 aromatic carbocycles. The molecule has 0 unspecified atom stereocenters. The molecular formula is C22H32O2. The van der Waals surface area contributed by atoms with Crippen LogP contribution in [0.15, 0.2) is 18.2 Å². The van der Waals surface area contributed by atoms with E-state index in [-0.39, 0.29) is 6.61 Å². The summed E-state index contributed by atoms with van der Waals surface area (Å²) in [4.78, 5) is 0. The Morgan fingerprint density at radius 3 is 2.92 bits per heavy atom. The molecule has 2 heteroatoms. The van der Waals surface area contributed by atoms with Crippen LogP contribution in [-0.4, -0.2) is 24.4 Å². The standard InChI is InChI=1S/C22H32O2/c1-15-4-6-17-16(14-15)5-7-19-18(17)10-11-22(2)20(19)8-9-21(22)24-13-3-12-23/h4,6,14,18-21,23H,3,5,7-13H2,1-2H3/t18-,19-,20+,21+,22+/m1/s1. The Labute approximate surface area is 146 Å². The van der Waals surface area contributed by atoms with Gasteiger partial charge in [-0.1, -0.05) is 30.7 Å². The molecule has 2 nitrogen and oxygen atoms in total. The van der Waals surface area contributed by atoms with Crippen molar-refractivity contribution < 1.29 is 9.84 Å². The highest BCUT2D eigenvalue weighted by Gasteiger charge is 2.55. The van der Waals surface area contributed by atoms with E-state index in [4.69, 9.17) is 9.84 Å². The predicted molar refractivity (Wildman–Crippen MR) is 97.2 cm³/mol. The van der Waals surface area contributed by atoms with Crippen LogP contribution in [0.1, 0.15) is 68.1 Å². The Hall–Kier alpha value is -0.860. The lowest BCUT2D eigenvalue weighted by Gasteiger charge is -2.50. The highest BCUT2D eigenvalue weighted by Crippen LogP contribution is 2.61. The minimum Gasteiger partial charge on any atom is -0.396 e. The molecule has 0 heterocycles. The van der Waals surface area contributed by atoms with Crippen LogP contribution in [0.5, 0.6) is 0 Å². The van der Waals surface area contributed by atoms with Crippen LogP contribution in [0.25, 0.3) is 0 Å². The molecule has 132 valence electrons. The maximum Gasteiger partial charge on any atom is 0.0631 e. The van der Waals surface area contributed by atoms with Crippen LogP contribution in [-0.2, 0) is 11.2 Å². The second-order valence-electron chi connectivity index (χ2n) is 8.68. The number of benzene rings is 1. The van der Waals surface area contributed by atoms with E-state index in [1.54, 1.807) is 11.1 Å². The lowest BCUT2D eigenvalue weighted by atomic mass is 9.55. The first-order valence-electron chi connectivity index (χ1n) is 9.95. The molecule has 24 heavy (non-hydrogen) atoms. The lowest BCUT2D eigenvalue weighted by molar-refractivity contribution is -0.0661. The molecule has 0 saturated heterocycles. The molecule has 5 atom stereocenters. The molecule has 3 aliphatic rings. The fourth-order valence-corrected chi connectivity index (χ4v) is 6.23. The molecule has 0 radical (unpaired) electrons. The predicted octanol–water partition coefficient (Wildman–Crippen LogP) is 4.62. The number of fused-ring (bicyclic) bond motifs is 5. The summed E-state index contributed by atoms with van der Waals surface area (Å²) in [5.41, 5.74) is 5.04. The van der Waals surface area contributed by atoms with Crippen molar-refractivity contribution in [3.05, 3.63) is 34.9 Å². The zero-order chi connectivity index (χ0) is 16.7. The summed E-state index contributed by atoms with van der Waals surface area (Å²) in [5, 5.41) is 9.02. The number of aliphatic hydroxyl groups is 1. The number of rotatable bonds is 4. The van der Waals surface area contributed by atoms with Crippen LogP contribution in [0, 0.1) is 24.2 Å². The van der Waals surface area contributed by atoms with Crippen molar-refractivity contribution in [3.63, 3.8) is 0 Å². The van der Waals surface area contributed by atoms with Gasteiger partial charge in [0.2, 0.25) is 0 Å². The summed E-state index contributed by atoms with van der Waals surface area (Å²) in [5.74, 6) is 2.46. The number of hydrogen-bond acceptors (Lipinski definition) is 2. The minimum atomic E-state index is 0.244. The minimum absolute atomic E-state index is 0.244. The first kappa shape index (κ1) is 16.6. The largest absolute Gasteiger partial charge is 0.396 e. The Morgan fingerprint density at radius 1 is 1.21 bits per heavy atom. The van der Waals surface area contributed by atoms with E-state index in [9.17, 15) is 0 Å². The summed E-state index contributed by atoms with van der Waals surface area (Å²) >= 11 is 0. The molecule has 2 fully saturated rings. The van der Waals surface area contributed by atoms with E-state index in [1.165, 1.54) is 44.1 Å². The van der Waals surface area contributed by atoms with Gasteiger partial charge >= 0.3 is 0 Å². The summed E-state index contributed by atoms with van der Waals surface area (Å²) in [7, 11) is 0. The second-order valence-corrected chi connectivity index (χ2v) is 8.68. The van der Waals surface area contributed by atoms with Crippen molar-refractivity contribution in [1.82, 2.24) is 0 Å². The molecule has 1 aromatic rings. The highest BCUT2D eigenvalue weighted by molar-refractivity contribution is 5.37. The van der Waals surface area contributed by atoms with Gasteiger partial charge in [-0.05, 0) is 86.2 Å². The summed E-state index contributed by atoms with van der Waals surface area (Å²) in [6.07, 6.45) is 9.00. The molecule has 1 N–H and O–H groups in total. The summed E-state index contributed by atoms with van der Waals surface area (Å²) in [6, 6.07) is 7.16. The molecule has 0 amide bonds. The molecule has 3 aliphatic carbocycles. The maximum absolute atomic E-state index is 9.02. The number of aliphatic hydroxyl groups excluding tert-OH is 1. The van der Waals surface area contributed by atoms with Crippen LogP contribution >= 0.6 is 0 Å². The number of hydrogen-bond donors (Lipinski definition) is 1. The van der Waals surface area contributed by atoms with Crippen molar-refractivity contribution >= 4 is 0 Å². The first-order valence-corrected chi connectivity index (χ1v) is 9.95. The third-order valence-corrected chi connectivity index (χ3v) is 7.42. The van der Waals surface area contributed by atoms with Gasteiger partial charge < -0.3 is 9.84 Å². The average Bonchev–Trinajstić information content (AvgIpc) is 2.91. The van der Waals surface area contributed by atoms with E-state index in [0.29, 0.717) is 11.5 Å². The molecule has 0 aliphatic heterocycles. The Balaban J connectivity index is 1.54. The Morgan fingerprint density at radius 2 is 2.08 bits per heavy atom. The first-order chi connectivity index (χ1) is 11.6. The molecule has 0 aromatic heterocycles. The Kier molecular flexibility index (Phi) is 4.47. The van der Waals surface area contributed by atoms with Crippen LogP contribution < -0.4 is 0 Å². The number of ether oxygens (including phenoxy) is 1. The average molecular weight is 328 g/mol. The van der Waals surface area contributed by atoms with E-state index < -0.39 is 0 Å². The van der Waals surface area contributed by atoms with E-state index in [1.807, 2.05) is 0 Å². The van der Waals surface area contributed by atoms with Crippen molar-refractivity contribution in [2.75, 3.05) is 13.2 Å². The van der Waals surface area contributed by atoms with Gasteiger partial charge in [0.1, 0.15) is 0 Å².